The Hall–Kier alpha value is -0.730. The van der Waals surface area contributed by atoms with Gasteiger partial charge in [0.15, 0.2) is 0 Å². The Balaban J connectivity index is 0.000000980. The predicted octanol–water partition coefficient (Wildman–Crippen LogP) is 2.54. The van der Waals surface area contributed by atoms with Crippen molar-refractivity contribution in [3.8, 4) is 5.75 Å². The van der Waals surface area contributed by atoms with Crippen LogP contribution in [-0.2, 0) is 0 Å². The highest BCUT2D eigenvalue weighted by atomic mass is 35.5. The molecule has 14 heavy (non-hydrogen) atoms. The Morgan fingerprint density at radius 2 is 2.29 bits per heavy atom. The van der Waals surface area contributed by atoms with Crippen LogP contribution in [0.5, 0.6) is 5.75 Å². The third-order valence-electron chi connectivity index (χ3n) is 2.56. The van der Waals surface area contributed by atoms with Gasteiger partial charge in [-0.3, -0.25) is 0 Å². The highest BCUT2D eigenvalue weighted by Gasteiger charge is 2.15. The molecule has 1 heterocycles. The molecule has 1 aliphatic heterocycles. The van der Waals surface area contributed by atoms with Crippen LogP contribution >= 0.6 is 12.4 Å². The van der Waals surface area contributed by atoms with Crippen LogP contribution in [0.3, 0.4) is 0 Å². The molecule has 2 nitrogen and oxygen atoms in total. The Morgan fingerprint density at radius 3 is 2.93 bits per heavy atom. The van der Waals surface area contributed by atoms with E-state index in [0.717, 1.165) is 12.3 Å². The summed E-state index contributed by atoms with van der Waals surface area (Å²) in [5, 5.41) is 3.47. The van der Waals surface area contributed by atoms with Crippen LogP contribution in [0.25, 0.3) is 0 Å². The first kappa shape index (κ1) is 11.3. The maximum atomic E-state index is 5.19. The lowest BCUT2D eigenvalue weighted by atomic mass is 10.1. The Morgan fingerprint density at radius 1 is 1.43 bits per heavy atom. The zero-order valence-electron chi connectivity index (χ0n) is 8.32. The van der Waals surface area contributed by atoms with Crippen LogP contribution in [0.15, 0.2) is 24.3 Å². The maximum Gasteiger partial charge on any atom is 0.119 e. The van der Waals surface area contributed by atoms with Gasteiger partial charge in [0, 0.05) is 6.04 Å². The van der Waals surface area contributed by atoms with Crippen molar-refractivity contribution in [2.24, 2.45) is 0 Å². The number of rotatable bonds is 2. The van der Waals surface area contributed by atoms with Gasteiger partial charge in [-0.25, -0.2) is 0 Å². The minimum Gasteiger partial charge on any atom is -0.497 e. The molecular weight excluding hydrogens is 198 g/mol. The molecule has 0 saturated carbocycles. The van der Waals surface area contributed by atoms with Crippen molar-refractivity contribution in [2.45, 2.75) is 18.9 Å². The molecule has 0 bridgehead atoms. The second-order valence-corrected chi connectivity index (χ2v) is 3.43. The van der Waals surface area contributed by atoms with Gasteiger partial charge >= 0.3 is 0 Å². The molecule has 1 aliphatic rings. The second kappa shape index (κ2) is 5.23. The fourth-order valence-electron chi connectivity index (χ4n) is 1.83. The molecule has 1 saturated heterocycles. The minimum atomic E-state index is 0. The molecule has 0 radical (unpaired) electrons. The van der Waals surface area contributed by atoms with E-state index in [-0.39, 0.29) is 12.4 Å². The van der Waals surface area contributed by atoms with E-state index in [1.54, 1.807) is 7.11 Å². The molecule has 0 aliphatic carbocycles. The SMILES string of the molecule is COc1cccc([C@@H]2CCCN2)c1.Cl. The number of benzene rings is 1. The van der Waals surface area contributed by atoms with Crippen LogP contribution in [0.2, 0.25) is 0 Å². The van der Waals surface area contributed by atoms with Crippen LogP contribution in [-0.4, -0.2) is 13.7 Å². The number of methoxy groups -OCH3 is 1. The first-order valence-electron chi connectivity index (χ1n) is 4.77. The molecule has 0 amide bonds. The largest absolute Gasteiger partial charge is 0.497 e. The molecule has 0 aromatic heterocycles. The molecule has 78 valence electrons. The van der Waals surface area contributed by atoms with E-state index in [2.05, 4.69) is 17.4 Å². The van der Waals surface area contributed by atoms with Crippen molar-refractivity contribution in [2.75, 3.05) is 13.7 Å². The second-order valence-electron chi connectivity index (χ2n) is 3.43. The van der Waals surface area contributed by atoms with Crippen LogP contribution in [0.4, 0.5) is 0 Å². The lowest BCUT2D eigenvalue weighted by Gasteiger charge is -2.11. The van der Waals surface area contributed by atoms with Crippen molar-refractivity contribution in [1.82, 2.24) is 5.32 Å². The Kier molecular flexibility index (Phi) is 4.23. The smallest absolute Gasteiger partial charge is 0.119 e. The highest BCUT2D eigenvalue weighted by molar-refractivity contribution is 5.85. The summed E-state index contributed by atoms with van der Waals surface area (Å²) in [6, 6.07) is 8.84. The maximum absolute atomic E-state index is 5.19. The summed E-state index contributed by atoms with van der Waals surface area (Å²) in [4.78, 5) is 0. The number of hydrogen-bond acceptors (Lipinski definition) is 2. The average molecular weight is 214 g/mol. The van der Waals surface area contributed by atoms with E-state index in [1.807, 2.05) is 12.1 Å². The van der Waals surface area contributed by atoms with Crippen molar-refractivity contribution >= 4 is 12.4 Å². The van der Waals surface area contributed by atoms with E-state index in [0.29, 0.717) is 6.04 Å². The molecule has 0 unspecified atom stereocenters. The zero-order chi connectivity index (χ0) is 9.10. The Bertz CT molecular complexity index is 284. The number of ether oxygens (including phenoxy) is 1. The molecule has 1 atom stereocenters. The van der Waals surface area contributed by atoms with Gasteiger partial charge in [0.2, 0.25) is 0 Å². The normalized spacial score (nSPS) is 20.2. The molecule has 0 spiro atoms. The van der Waals surface area contributed by atoms with E-state index in [1.165, 1.54) is 18.4 Å². The molecule has 1 aromatic carbocycles. The summed E-state index contributed by atoms with van der Waals surface area (Å²) in [5.74, 6) is 0.950. The van der Waals surface area contributed by atoms with Gasteiger partial charge < -0.3 is 10.1 Å². The van der Waals surface area contributed by atoms with Crippen molar-refractivity contribution in [1.29, 1.82) is 0 Å². The number of halogens is 1. The summed E-state index contributed by atoms with van der Waals surface area (Å²) >= 11 is 0. The van der Waals surface area contributed by atoms with Crippen molar-refractivity contribution in [3.63, 3.8) is 0 Å². The summed E-state index contributed by atoms with van der Waals surface area (Å²) in [6.07, 6.45) is 2.52. The number of hydrogen-bond donors (Lipinski definition) is 1. The van der Waals surface area contributed by atoms with E-state index >= 15 is 0 Å². The van der Waals surface area contributed by atoms with E-state index < -0.39 is 0 Å². The predicted molar refractivity (Wildman–Crippen MR) is 60.2 cm³/mol. The Labute approximate surface area is 91.1 Å². The fraction of sp³-hybridized carbons (Fsp3) is 0.455. The summed E-state index contributed by atoms with van der Waals surface area (Å²) in [5.41, 5.74) is 1.34. The zero-order valence-corrected chi connectivity index (χ0v) is 9.14. The molecular formula is C11H16ClNO. The van der Waals surface area contributed by atoms with Crippen molar-refractivity contribution in [3.05, 3.63) is 29.8 Å². The van der Waals surface area contributed by atoms with Crippen molar-refractivity contribution < 1.29 is 4.74 Å². The average Bonchev–Trinajstić information content (AvgIpc) is 2.71. The quantitative estimate of drug-likeness (QED) is 0.816. The molecule has 1 fully saturated rings. The monoisotopic (exact) mass is 213 g/mol. The standard InChI is InChI=1S/C11H15NO.ClH/c1-13-10-5-2-4-9(8-10)11-6-3-7-12-11;/h2,4-5,8,11-12H,3,6-7H2,1H3;1H/t11-;/m0./s1. The number of nitrogens with one attached hydrogen (secondary N) is 1. The minimum absolute atomic E-state index is 0. The molecule has 1 N–H and O–H groups in total. The van der Waals surface area contributed by atoms with Gasteiger partial charge in [0.1, 0.15) is 5.75 Å². The topological polar surface area (TPSA) is 21.3 Å². The van der Waals surface area contributed by atoms with Gasteiger partial charge in [-0.15, -0.1) is 12.4 Å². The van der Waals surface area contributed by atoms with Crippen LogP contribution in [0.1, 0.15) is 24.4 Å². The van der Waals surface area contributed by atoms with Gasteiger partial charge in [-0.1, -0.05) is 12.1 Å². The summed E-state index contributed by atoms with van der Waals surface area (Å²) in [6.45, 7) is 1.14. The fourth-order valence-corrected chi connectivity index (χ4v) is 1.83. The summed E-state index contributed by atoms with van der Waals surface area (Å²) in [7, 11) is 1.71. The highest BCUT2D eigenvalue weighted by Crippen LogP contribution is 2.25. The van der Waals surface area contributed by atoms with Gasteiger partial charge in [-0.2, -0.15) is 0 Å². The van der Waals surface area contributed by atoms with Crippen LogP contribution in [0, 0.1) is 0 Å². The third-order valence-corrected chi connectivity index (χ3v) is 2.56. The van der Waals surface area contributed by atoms with E-state index in [4.69, 9.17) is 4.74 Å². The molecule has 1 aromatic rings. The van der Waals surface area contributed by atoms with E-state index in [9.17, 15) is 0 Å². The lowest BCUT2D eigenvalue weighted by Crippen LogP contribution is -2.12. The van der Waals surface area contributed by atoms with Gasteiger partial charge in [0.05, 0.1) is 7.11 Å². The summed E-state index contributed by atoms with van der Waals surface area (Å²) < 4.78 is 5.19. The third kappa shape index (κ3) is 2.40. The van der Waals surface area contributed by atoms with Crippen LogP contribution < -0.4 is 10.1 Å². The van der Waals surface area contributed by atoms with Gasteiger partial charge in [-0.05, 0) is 37.1 Å². The first-order valence-corrected chi connectivity index (χ1v) is 4.77. The first-order chi connectivity index (χ1) is 6.40. The lowest BCUT2D eigenvalue weighted by molar-refractivity contribution is 0.413. The molecule has 3 heteroatoms. The molecule has 2 rings (SSSR count). The van der Waals surface area contributed by atoms with Gasteiger partial charge in [0.25, 0.3) is 0 Å².